The molecule has 110 valence electrons. The number of carbonyl (C=O) groups excluding carboxylic acids is 1. The Hall–Kier alpha value is -1.55. The molecule has 4 nitrogen and oxygen atoms in total. The molecule has 2 rings (SSSR count). The van der Waals surface area contributed by atoms with Crippen LogP contribution in [0.2, 0.25) is 0 Å². The third-order valence-electron chi connectivity index (χ3n) is 3.68. The van der Waals surface area contributed by atoms with E-state index in [0.29, 0.717) is 6.61 Å². The van der Waals surface area contributed by atoms with Gasteiger partial charge in [0, 0.05) is 25.7 Å². The first-order valence-corrected chi connectivity index (χ1v) is 7.49. The number of carbonyl (C=O) groups is 1. The van der Waals surface area contributed by atoms with Crippen molar-refractivity contribution in [2.24, 2.45) is 0 Å². The smallest absolute Gasteiger partial charge is 0.410 e. The van der Waals surface area contributed by atoms with Crippen molar-refractivity contribution in [1.29, 1.82) is 0 Å². The van der Waals surface area contributed by atoms with Crippen molar-refractivity contribution in [1.82, 2.24) is 10.2 Å². The molecular formula is C16H24N2O2. The van der Waals surface area contributed by atoms with Crippen LogP contribution in [-0.4, -0.2) is 36.7 Å². The maximum atomic E-state index is 12.2. The van der Waals surface area contributed by atoms with Gasteiger partial charge in [-0.25, -0.2) is 4.79 Å². The molecule has 0 bridgehead atoms. The van der Waals surface area contributed by atoms with Crippen LogP contribution in [0, 0.1) is 0 Å². The third kappa shape index (κ3) is 4.23. The Morgan fingerprint density at radius 1 is 1.40 bits per heavy atom. The number of hydrogen-bond acceptors (Lipinski definition) is 3. The molecule has 1 amide bonds. The summed E-state index contributed by atoms with van der Waals surface area (Å²) in [4.78, 5) is 14.1. The third-order valence-corrected chi connectivity index (χ3v) is 3.68. The summed E-state index contributed by atoms with van der Waals surface area (Å²) in [6.45, 7) is 4.99. The van der Waals surface area contributed by atoms with Gasteiger partial charge in [-0.05, 0) is 12.0 Å². The number of ether oxygens (including phenoxy) is 1. The van der Waals surface area contributed by atoms with E-state index < -0.39 is 0 Å². The van der Waals surface area contributed by atoms with Crippen molar-refractivity contribution in [3.05, 3.63) is 35.9 Å². The standard InChI is InChI=1S/C16H24N2O2/c1-2-3-9-15-12-17-10-11-18(15)16(19)20-13-14-7-5-4-6-8-14/h4-8,15,17H,2-3,9-13H2,1H3. The van der Waals surface area contributed by atoms with Crippen LogP contribution in [0.15, 0.2) is 30.3 Å². The number of nitrogens with zero attached hydrogens (tertiary/aromatic N) is 1. The van der Waals surface area contributed by atoms with Gasteiger partial charge in [-0.15, -0.1) is 0 Å². The van der Waals surface area contributed by atoms with Crippen molar-refractivity contribution in [2.75, 3.05) is 19.6 Å². The zero-order valence-corrected chi connectivity index (χ0v) is 12.2. The molecule has 1 unspecified atom stereocenters. The molecule has 1 aromatic carbocycles. The average molecular weight is 276 g/mol. The van der Waals surface area contributed by atoms with Gasteiger partial charge in [0.1, 0.15) is 6.61 Å². The van der Waals surface area contributed by atoms with Gasteiger partial charge >= 0.3 is 6.09 Å². The first-order valence-electron chi connectivity index (χ1n) is 7.49. The summed E-state index contributed by atoms with van der Waals surface area (Å²) in [6, 6.07) is 10.1. The lowest BCUT2D eigenvalue weighted by Crippen LogP contribution is -2.53. The Kier molecular flexibility index (Phi) is 5.87. The number of nitrogens with one attached hydrogen (secondary N) is 1. The van der Waals surface area contributed by atoms with Crippen LogP contribution in [0.1, 0.15) is 31.7 Å². The monoisotopic (exact) mass is 276 g/mol. The normalized spacial score (nSPS) is 18.9. The van der Waals surface area contributed by atoms with Crippen LogP contribution in [-0.2, 0) is 11.3 Å². The number of piperazine rings is 1. The zero-order chi connectivity index (χ0) is 14.2. The first kappa shape index (κ1) is 14.9. The van der Waals surface area contributed by atoms with Gasteiger partial charge in [0.2, 0.25) is 0 Å². The molecule has 1 heterocycles. The highest BCUT2D eigenvalue weighted by Crippen LogP contribution is 2.13. The minimum atomic E-state index is -0.184. The molecule has 1 fully saturated rings. The molecule has 0 aliphatic carbocycles. The molecule has 0 aromatic heterocycles. The lowest BCUT2D eigenvalue weighted by molar-refractivity contribution is 0.0698. The second kappa shape index (κ2) is 7.90. The van der Waals surface area contributed by atoms with Crippen molar-refractivity contribution >= 4 is 6.09 Å². The van der Waals surface area contributed by atoms with Gasteiger partial charge in [-0.3, -0.25) is 0 Å². The minimum Gasteiger partial charge on any atom is -0.445 e. The van der Waals surface area contributed by atoms with E-state index >= 15 is 0 Å². The molecule has 1 aliphatic heterocycles. The van der Waals surface area contributed by atoms with Gasteiger partial charge in [0.25, 0.3) is 0 Å². The van der Waals surface area contributed by atoms with Crippen LogP contribution in [0.5, 0.6) is 0 Å². The molecule has 1 saturated heterocycles. The highest BCUT2D eigenvalue weighted by Gasteiger charge is 2.27. The fourth-order valence-corrected chi connectivity index (χ4v) is 2.50. The van der Waals surface area contributed by atoms with Crippen molar-refractivity contribution in [3.8, 4) is 0 Å². The molecule has 1 N–H and O–H groups in total. The maximum Gasteiger partial charge on any atom is 0.410 e. The Labute approximate surface area is 121 Å². The largest absolute Gasteiger partial charge is 0.445 e. The van der Waals surface area contributed by atoms with Crippen LogP contribution in [0.3, 0.4) is 0 Å². The lowest BCUT2D eigenvalue weighted by atomic mass is 10.1. The fraction of sp³-hybridized carbons (Fsp3) is 0.562. The zero-order valence-electron chi connectivity index (χ0n) is 12.2. The quantitative estimate of drug-likeness (QED) is 0.899. The molecular weight excluding hydrogens is 252 g/mol. The van der Waals surface area contributed by atoms with Crippen molar-refractivity contribution in [2.45, 2.75) is 38.8 Å². The van der Waals surface area contributed by atoms with E-state index in [1.807, 2.05) is 35.2 Å². The van der Waals surface area contributed by atoms with Gasteiger partial charge in [-0.2, -0.15) is 0 Å². The molecule has 1 atom stereocenters. The van der Waals surface area contributed by atoms with E-state index in [-0.39, 0.29) is 12.1 Å². The van der Waals surface area contributed by atoms with Crippen LogP contribution >= 0.6 is 0 Å². The average Bonchev–Trinajstić information content (AvgIpc) is 2.52. The summed E-state index contributed by atoms with van der Waals surface area (Å²) >= 11 is 0. The van der Waals surface area contributed by atoms with Gasteiger partial charge in [0.15, 0.2) is 0 Å². The Balaban J connectivity index is 1.85. The van der Waals surface area contributed by atoms with E-state index in [1.54, 1.807) is 0 Å². The Morgan fingerprint density at radius 2 is 2.20 bits per heavy atom. The minimum absolute atomic E-state index is 0.184. The molecule has 0 radical (unpaired) electrons. The topological polar surface area (TPSA) is 41.6 Å². The second-order valence-electron chi connectivity index (χ2n) is 5.23. The predicted octanol–water partition coefficient (Wildman–Crippen LogP) is 2.79. The molecule has 4 heteroatoms. The highest BCUT2D eigenvalue weighted by atomic mass is 16.6. The Morgan fingerprint density at radius 3 is 2.95 bits per heavy atom. The summed E-state index contributed by atoms with van der Waals surface area (Å²) in [7, 11) is 0. The predicted molar refractivity (Wildman–Crippen MR) is 79.5 cm³/mol. The number of rotatable bonds is 5. The number of benzene rings is 1. The van der Waals surface area contributed by atoms with Crippen molar-refractivity contribution < 1.29 is 9.53 Å². The maximum absolute atomic E-state index is 12.2. The molecule has 1 aliphatic rings. The van der Waals surface area contributed by atoms with E-state index in [9.17, 15) is 4.79 Å². The molecule has 0 spiro atoms. The number of hydrogen-bond donors (Lipinski definition) is 1. The van der Waals surface area contributed by atoms with E-state index in [1.165, 1.54) is 0 Å². The van der Waals surface area contributed by atoms with Crippen LogP contribution in [0.4, 0.5) is 4.79 Å². The second-order valence-corrected chi connectivity index (χ2v) is 5.23. The SMILES string of the molecule is CCCCC1CNCCN1C(=O)OCc1ccccc1. The van der Waals surface area contributed by atoms with E-state index in [4.69, 9.17) is 4.74 Å². The van der Waals surface area contributed by atoms with E-state index in [2.05, 4.69) is 12.2 Å². The molecule has 0 saturated carbocycles. The number of unbranched alkanes of at least 4 members (excludes halogenated alkanes) is 1. The molecule has 1 aromatic rings. The summed E-state index contributed by atoms with van der Waals surface area (Å²) in [5.74, 6) is 0. The number of amides is 1. The molecule has 20 heavy (non-hydrogen) atoms. The van der Waals surface area contributed by atoms with Gasteiger partial charge < -0.3 is 15.0 Å². The summed E-state index contributed by atoms with van der Waals surface area (Å²) in [5, 5.41) is 3.35. The summed E-state index contributed by atoms with van der Waals surface area (Å²) in [6.07, 6.45) is 3.17. The first-order chi connectivity index (χ1) is 9.81. The fourth-order valence-electron chi connectivity index (χ4n) is 2.50. The van der Waals surface area contributed by atoms with E-state index in [0.717, 1.165) is 44.5 Å². The van der Waals surface area contributed by atoms with Crippen LogP contribution < -0.4 is 5.32 Å². The highest BCUT2D eigenvalue weighted by molar-refractivity contribution is 5.68. The van der Waals surface area contributed by atoms with Gasteiger partial charge in [-0.1, -0.05) is 50.1 Å². The van der Waals surface area contributed by atoms with Crippen LogP contribution in [0.25, 0.3) is 0 Å². The Bertz CT molecular complexity index is 408. The summed E-state index contributed by atoms with van der Waals surface area (Å²) < 4.78 is 5.44. The lowest BCUT2D eigenvalue weighted by Gasteiger charge is -2.35. The summed E-state index contributed by atoms with van der Waals surface area (Å²) in [5.41, 5.74) is 1.03. The van der Waals surface area contributed by atoms with Crippen molar-refractivity contribution in [3.63, 3.8) is 0 Å². The van der Waals surface area contributed by atoms with Gasteiger partial charge in [0.05, 0.1) is 0 Å².